The van der Waals surface area contributed by atoms with Gasteiger partial charge in [0.05, 0.1) is 12.3 Å². The topological polar surface area (TPSA) is 71.2 Å². The van der Waals surface area contributed by atoms with Gasteiger partial charge in [-0.2, -0.15) is 0 Å². The molecule has 0 saturated carbocycles. The molecule has 0 spiro atoms. The van der Waals surface area contributed by atoms with Crippen LogP contribution < -0.4 is 4.90 Å². The number of para-hydroxylation sites is 1. The summed E-state index contributed by atoms with van der Waals surface area (Å²) in [7, 11) is 1.72. The van der Waals surface area contributed by atoms with Gasteiger partial charge < -0.3 is 10.0 Å². The van der Waals surface area contributed by atoms with Crippen molar-refractivity contribution in [1.82, 2.24) is 15.0 Å². The van der Waals surface area contributed by atoms with E-state index in [1.165, 1.54) is 4.68 Å². The highest BCUT2D eigenvalue weighted by atomic mass is 16.3. The number of benzene rings is 1. The Hall–Kier alpha value is -2.21. The first-order valence-electron chi connectivity index (χ1n) is 6.51. The van der Waals surface area contributed by atoms with Crippen LogP contribution in [0.4, 0.5) is 5.69 Å². The van der Waals surface area contributed by atoms with Gasteiger partial charge in [-0.05, 0) is 18.6 Å². The number of amides is 1. The van der Waals surface area contributed by atoms with Crippen molar-refractivity contribution in [3.8, 4) is 0 Å². The largest absolute Gasteiger partial charge is 0.387 e. The number of aliphatic hydroxyl groups excluding tert-OH is 1. The number of hydrogen-bond donors (Lipinski definition) is 1. The van der Waals surface area contributed by atoms with E-state index in [0.29, 0.717) is 12.1 Å². The fourth-order valence-corrected chi connectivity index (χ4v) is 1.79. The van der Waals surface area contributed by atoms with Crippen LogP contribution in [0.25, 0.3) is 0 Å². The average Bonchev–Trinajstić information content (AvgIpc) is 2.95. The maximum Gasteiger partial charge on any atom is 0.248 e. The molecular formula is C14H18N4O2. The Bertz CT molecular complexity index is 568. The quantitative estimate of drug-likeness (QED) is 0.894. The molecule has 1 unspecified atom stereocenters. The standard InChI is InChI=1S/C14H18N4O2/c1-3-13(19)12-9-18(16-15-12)10-14(20)17(2)11-7-5-4-6-8-11/h4-9,13,19H,3,10H2,1-2H3. The van der Waals surface area contributed by atoms with Crippen molar-refractivity contribution in [2.45, 2.75) is 26.0 Å². The molecule has 0 saturated heterocycles. The second-order valence-corrected chi connectivity index (χ2v) is 4.55. The molecule has 0 aliphatic heterocycles. The Morgan fingerprint density at radius 3 is 2.75 bits per heavy atom. The summed E-state index contributed by atoms with van der Waals surface area (Å²) in [6, 6.07) is 9.39. The highest BCUT2D eigenvalue weighted by Gasteiger charge is 2.14. The summed E-state index contributed by atoms with van der Waals surface area (Å²) in [4.78, 5) is 13.7. The fourth-order valence-electron chi connectivity index (χ4n) is 1.79. The summed E-state index contributed by atoms with van der Waals surface area (Å²) in [6.45, 7) is 1.95. The van der Waals surface area contributed by atoms with Gasteiger partial charge in [0.25, 0.3) is 0 Å². The lowest BCUT2D eigenvalue weighted by Gasteiger charge is -2.16. The molecule has 6 nitrogen and oxygen atoms in total. The minimum atomic E-state index is -0.634. The van der Waals surface area contributed by atoms with E-state index >= 15 is 0 Å². The van der Waals surface area contributed by atoms with Crippen molar-refractivity contribution in [3.63, 3.8) is 0 Å². The Balaban J connectivity index is 2.03. The minimum absolute atomic E-state index is 0.0921. The third-order valence-corrected chi connectivity index (χ3v) is 3.10. The lowest BCUT2D eigenvalue weighted by atomic mass is 10.2. The summed E-state index contributed by atoms with van der Waals surface area (Å²) in [5.74, 6) is -0.0985. The molecule has 0 radical (unpaired) electrons. The van der Waals surface area contributed by atoms with Crippen LogP contribution in [0.1, 0.15) is 25.1 Å². The molecular weight excluding hydrogens is 256 g/mol. The second-order valence-electron chi connectivity index (χ2n) is 4.55. The first-order chi connectivity index (χ1) is 9.61. The number of anilines is 1. The van der Waals surface area contributed by atoms with Crippen LogP contribution in [0.15, 0.2) is 36.5 Å². The first kappa shape index (κ1) is 14.2. The van der Waals surface area contributed by atoms with Gasteiger partial charge in [-0.15, -0.1) is 5.10 Å². The molecule has 6 heteroatoms. The van der Waals surface area contributed by atoms with Crippen LogP contribution >= 0.6 is 0 Å². The molecule has 0 fully saturated rings. The monoisotopic (exact) mass is 274 g/mol. The van der Waals surface area contributed by atoms with Crippen LogP contribution in [0.2, 0.25) is 0 Å². The van der Waals surface area contributed by atoms with Crippen LogP contribution in [0.5, 0.6) is 0 Å². The number of nitrogens with zero attached hydrogens (tertiary/aromatic N) is 4. The number of likely N-dealkylation sites (N-methyl/N-ethyl adjacent to an activating group) is 1. The van der Waals surface area contributed by atoms with E-state index in [9.17, 15) is 9.90 Å². The zero-order valence-electron chi connectivity index (χ0n) is 11.6. The Morgan fingerprint density at radius 2 is 2.10 bits per heavy atom. The number of rotatable bonds is 5. The third-order valence-electron chi connectivity index (χ3n) is 3.10. The molecule has 2 aromatic rings. The SMILES string of the molecule is CCC(O)c1cn(CC(=O)N(C)c2ccccc2)nn1. The zero-order valence-corrected chi connectivity index (χ0v) is 11.6. The summed E-state index contributed by atoms with van der Waals surface area (Å²) in [6.07, 6.45) is 1.53. The van der Waals surface area contributed by atoms with E-state index in [1.54, 1.807) is 18.1 Å². The molecule has 1 N–H and O–H groups in total. The van der Waals surface area contributed by atoms with Gasteiger partial charge in [0.1, 0.15) is 12.2 Å². The molecule has 20 heavy (non-hydrogen) atoms. The first-order valence-corrected chi connectivity index (χ1v) is 6.51. The minimum Gasteiger partial charge on any atom is -0.387 e. The third kappa shape index (κ3) is 3.21. The van der Waals surface area contributed by atoms with Crippen molar-refractivity contribution in [1.29, 1.82) is 0 Å². The predicted molar refractivity (Wildman–Crippen MR) is 75.1 cm³/mol. The molecule has 1 amide bonds. The van der Waals surface area contributed by atoms with Gasteiger partial charge in [0.2, 0.25) is 5.91 Å². The molecule has 106 valence electrons. The second kappa shape index (κ2) is 6.29. The van der Waals surface area contributed by atoms with Gasteiger partial charge in [0, 0.05) is 12.7 Å². The van der Waals surface area contributed by atoms with E-state index in [0.717, 1.165) is 5.69 Å². The Morgan fingerprint density at radius 1 is 1.40 bits per heavy atom. The highest BCUT2D eigenvalue weighted by molar-refractivity contribution is 5.92. The van der Waals surface area contributed by atoms with Crippen molar-refractivity contribution in [3.05, 3.63) is 42.2 Å². The predicted octanol–water partition coefficient (Wildman–Crippen LogP) is 1.38. The van der Waals surface area contributed by atoms with E-state index in [4.69, 9.17) is 0 Å². The number of aromatic nitrogens is 3. The van der Waals surface area contributed by atoms with Crippen LogP contribution in [-0.4, -0.2) is 33.1 Å². The maximum atomic E-state index is 12.1. The van der Waals surface area contributed by atoms with Crippen molar-refractivity contribution < 1.29 is 9.90 Å². The van der Waals surface area contributed by atoms with Crippen LogP contribution in [0, 0.1) is 0 Å². The van der Waals surface area contributed by atoms with Gasteiger partial charge in [-0.1, -0.05) is 30.3 Å². The molecule has 1 aromatic heterocycles. The smallest absolute Gasteiger partial charge is 0.248 e. The molecule has 0 bridgehead atoms. The number of carbonyl (C=O) groups is 1. The summed E-state index contributed by atoms with van der Waals surface area (Å²) in [5.41, 5.74) is 1.31. The van der Waals surface area contributed by atoms with Gasteiger partial charge >= 0.3 is 0 Å². The van der Waals surface area contributed by atoms with E-state index < -0.39 is 6.10 Å². The summed E-state index contributed by atoms with van der Waals surface area (Å²) >= 11 is 0. The molecule has 1 atom stereocenters. The summed E-state index contributed by atoms with van der Waals surface area (Å²) < 4.78 is 1.44. The average molecular weight is 274 g/mol. The maximum absolute atomic E-state index is 12.1. The Labute approximate surface area is 117 Å². The molecule has 1 aromatic carbocycles. The molecule has 0 aliphatic rings. The number of carbonyl (C=O) groups excluding carboxylic acids is 1. The molecule has 0 aliphatic carbocycles. The lowest BCUT2D eigenvalue weighted by molar-refractivity contribution is -0.119. The Kier molecular flexibility index (Phi) is 4.47. The van der Waals surface area contributed by atoms with Crippen LogP contribution in [-0.2, 0) is 11.3 Å². The van der Waals surface area contributed by atoms with Crippen LogP contribution in [0.3, 0.4) is 0 Å². The van der Waals surface area contributed by atoms with Crippen molar-refractivity contribution in [2.24, 2.45) is 0 Å². The van der Waals surface area contributed by atoms with E-state index in [1.807, 2.05) is 37.3 Å². The van der Waals surface area contributed by atoms with Gasteiger partial charge in [-0.25, -0.2) is 4.68 Å². The van der Waals surface area contributed by atoms with Gasteiger partial charge in [0.15, 0.2) is 0 Å². The highest BCUT2D eigenvalue weighted by Crippen LogP contribution is 2.13. The normalized spacial score (nSPS) is 12.2. The summed E-state index contributed by atoms with van der Waals surface area (Å²) in [5, 5.41) is 17.4. The fraction of sp³-hybridized carbons (Fsp3) is 0.357. The van der Waals surface area contributed by atoms with E-state index in [-0.39, 0.29) is 12.5 Å². The molecule has 1 heterocycles. The zero-order chi connectivity index (χ0) is 14.5. The van der Waals surface area contributed by atoms with Gasteiger partial charge in [-0.3, -0.25) is 4.79 Å². The van der Waals surface area contributed by atoms with Crippen molar-refractivity contribution >= 4 is 11.6 Å². The molecule has 2 rings (SSSR count). The van der Waals surface area contributed by atoms with Crippen molar-refractivity contribution in [2.75, 3.05) is 11.9 Å². The number of aliphatic hydroxyl groups is 1. The lowest BCUT2D eigenvalue weighted by Crippen LogP contribution is -2.30. The van der Waals surface area contributed by atoms with E-state index in [2.05, 4.69) is 10.3 Å². The number of hydrogen-bond acceptors (Lipinski definition) is 4.